The number of para-hydroxylation sites is 8. The van der Waals surface area contributed by atoms with Gasteiger partial charge in [0.15, 0.2) is 11.8 Å². The van der Waals surface area contributed by atoms with E-state index in [4.69, 9.17) is 0 Å². The first-order chi connectivity index (χ1) is 57.8. The van der Waals surface area contributed by atoms with Crippen LogP contribution in [0.3, 0.4) is 0 Å². The number of hydrogen-bond donors (Lipinski definition) is 0. The van der Waals surface area contributed by atoms with E-state index >= 15 is 0 Å². The monoisotopic (exact) mass is 1990 g/mol. The van der Waals surface area contributed by atoms with Gasteiger partial charge in [-0.05, 0) is 146 Å². The first-order valence-corrected chi connectivity index (χ1v) is 47.9. The van der Waals surface area contributed by atoms with E-state index in [-0.39, 0.29) is 44.8 Å². The summed E-state index contributed by atoms with van der Waals surface area (Å²) in [5.41, 5.74) is 20.7. The van der Waals surface area contributed by atoms with Gasteiger partial charge in [0.1, 0.15) is 74.1 Å². The van der Waals surface area contributed by atoms with E-state index in [2.05, 4.69) is 433 Å². The van der Waals surface area contributed by atoms with Crippen molar-refractivity contribution in [1.82, 2.24) is 36.5 Å². The first kappa shape index (κ1) is 76.5. The minimum absolute atomic E-state index is 0. The zero-order valence-electron chi connectivity index (χ0n) is 67.9. The normalized spacial score (nSPS) is 12.2. The topological polar surface area (TPSA) is 39.4 Å². The Balaban J connectivity index is 0.000000146. The summed E-state index contributed by atoms with van der Waals surface area (Å²) in [6, 6.07) is 130. The molecule has 0 aliphatic heterocycles. The van der Waals surface area contributed by atoms with Gasteiger partial charge in [0, 0.05) is 280 Å². The second-order valence-corrected chi connectivity index (χ2v) is 44.0. The van der Waals surface area contributed by atoms with Crippen LogP contribution in [0.25, 0.3) is 174 Å². The van der Waals surface area contributed by atoms with Crippen molar-refractivity contribution in [3.63, 3.8) is 0 Å². The van der Waals surface area contributed by atoms with E-state index in [9.17, 15) is 0 Å². The van der Waals surface area contributed by atoms with Gasteiger partial charge in [-0.2, -0.15) is 0 Å². The molecule has 0 amide bonds. The summed E-state index contributed by atoms with van der Waals surface area (Å²) < 4.78 is 19.2. The van der Waals surface area contributed by atoms with Gasteiger partial charge in [0.2, 0.25) is 0 Å². The smallest absolute Gasteiger partial charge is 0.174 e. The molecule has 0 bridgehead atoms. The largest absolute Gasteiger partial charge is 0.343 e. The van der Waals surface area contributed by atoms with Crippen LogP contribution in [0.1, 0.15) is 0 Å². The molecule has 2 radical (unpaired) electrons. The van der Waals surface area contributed by atoms with Gasteiger partial charge in [0.05, 0.1) is 44.1 Å². The fourth-order valence-corrected chi connectivity index (χ4v) is 36.1. The van der Waals surface area contributed by atoms with Gasteiger partial charge in [-0.15, -0.1) is 0 Å². The molecule has 0 aliphatic rings. The molecule has 24 aromatic rings. The Morgan fingerprint density at radius 1 is 0.142 bits per heavy atom. The van der Waals surface area contributed by atoms with E-state index in [1.807, 2.05) is 0 Å². The van der Waals surface area contributed by atoms with Gasteiger partial charge >= 0.3 is 0 Å². The molecule has 0 saturated heterocycles. The Morgan fingerprint density at radius 3 is 0.375 bits per heavy atom. The fraction of sp³-hybridized carbons (Fsp3) is 0.0943. The molecule has 590 valence electrons. The summed E-state index contributed by atoms with van der Waals surface area (Å²) in [5.74, 6) is 2.20. The number of rotatable bonds is 12. The Labute approximate surface area is 731 Å². The van der Waals surface area contributed by atoms with Gasteiger partial charge in [-0.25, -0.2) is 0 Å². The summed E-state index contributed by atoms with van der Waals surface area (Å²) in [7, 11) is 12.5. The molecular formula is C106H88Au2N8P4+4. The van der Waals surface area contributed by atoms with Gasteiger partial charge in [0.25, 0.3) is 0 Å². The Kier molecular flexibility index (Phi) is 19.2. The van der Waals surface area contributed by atoms with Crippen LogP contribution in [0, 0.1) is 0 Å². The molecule has 0 fully saturated rings. The molecule has 16 aromatic carbocycles. The van der Waals surface area contributed by atoms with E-state index in [0.29, 0.717) is 0 Å². The third-order valence-electron chi connectivity index (χ3n) is 26.8. The van der Waals surface area contributed by atoms with Crippen LogP contribution in [0.15, 0.2) is 340 Å². The maximum absolute atomic E-state index is 2.54. The molecule has 8 heterocycles. The molecule has 8 nitrogen and oxygen atoms in total. The quantitative estimate of drug-likeness (QED) is 0.0864. The molecule has 0 saturated carbocycles. The fourth-order valence-electron chi connectivity index (χ4n) is 20.6. The molecule has 0 spiro atoms. The van der Waals surface area contributed by atoms with Crippen molar-refractivity contribution in [3.8, 4) is 0 Å². The van der Waals surface area contributed by atoms with Crippen molar-refractivity contribution in [2.75, 3.05) is 11.8 Å². The minimum Gasteiger partial charge on any atom is -0.343 e. The van der Waals surface area contributed by atoms with Crippen LogP contribution < -0.4 is 42.4 Å². The first-order valence-electron chi connectivity index (χ1n) is 41.1. The standard InChI is InChI=1S/2C53H42N4P2.2Au/c2*1-54-46-17-9-5-13-38(46)42-25-21-34(29-50(42)54)58(35-22-26-43-39-14-6-10-18-47(39)55(2)51(43)30-35)33-59(36-23-27-44-40-15-7-11-19-48(40)56(3)52(44)31-36)37-24-28-45-41-16-8-12-20-49(41)57(4)53(45)32-37;;/h2*5-32H,33H2,1-4H3;;/p+4. The van der Waals surface area contributed by atoms with Crippen molar-refractivity contribution in [2.24, 2.45) is 56.4 Å². The van der Waals surface area contributed by atoms with Crippen molar-refractivity contribution in [2.45, 2.75) is 0 Å². The maximum Gasteiger partial charge on any atom is 0.174 e. The maximum atomic E-state index is 2.54. The molecule has 120 heavy (non-hydrogen) atoms. The average Bonchev–Trinajstić information content (AvgIpc) is 1.55. The number of aromatic nitrogens is 8. The van der Waals surface area contributed by atoms with Crippen LogP contribution in [-0.4, -0.2) is 48.3 Å². The predicted octanol–water partition coefficient (Wildman–Crippen LogP) is 22.5. The second-order valence-electron chi connectivity index (χ2n) is 32.7. The van der Waals surface area contributed by atoms with Crippen LogP contribution in [0.2, 0.25) is 0 Å². The Morgan fingerprint density at radius 2 is 0.250 bits per heavy atom. The molecule has 0 N–H and O–H groups in total. The van der Waals surface area contributed by atoms with E-state index in [1.165, 1.54) is 217 Å². The molecule has 14 heteroatoms. The summed E-state index contributed by atoms with van der Waals surface area (Å²) in [6.07, 6.45) is 0. The SMILES string of the molecule is Cn1c2ccccc2c2ccc([PH+](C[PH+](c3ccc4c5ccccc5n(C)c4c3)c3ccc4c5ccccc5n(C)c4c3)c3ccc4c5ccccc5n(C)c4c3)cc21.Cn1c2ccccc2c2ccc([PH+](C[PH+](c3ccc4c5ccccc5n(C)c4c3)c3ccc4c5ccccc5n(C)c4c3)c3ccc4c5ccccc5n(C)c4c3)cc21.[Au].[Au]. The Hall–Kier alpha value is -10.9. The van der Waals surface area contributed by atoms with Crippen LogP contribution >= 0.6 is 31.7 Å². The number of benzene rings is 16. The average molecular weight is 1990 g/mol. The van der Waals surface area contributed by atoms with E-state index in [0.717, 1.165) is 11.8 Å². The minimum atomic E-state index is -1.35. The van der Waals surface area contributed by atoms with Crippen LogP contribution in [0.5, 0.6) is 0 Å². The van der Waals surface area contributed by atoms with Crippen molar-refractivity contribution < 1.29 is 44.8 Å². The van der Waals surface area contributed by atoms with Gasteiger partial charge < -0.3 is 36.5 Å². The molecule has 24 rings (SSSR count). The summed E-state index contributed by atoms with van der Waals surface area (Å²) in [4.78, 5) is 0. The van der Waals surface area contributed by atoms with E-state index in [1.54, 1.807) is 0 Å². The zero-order valence-corrected chi connectivity index (χ0v) is 76.3. The predicted molar refractivity (Wildman–Crippen MR) is 523 cm³/mol. The van der Waals surface area contributed by atoms with Crippen molar-refractivity contribution in [1.29, 1.82) is 0 Å². The summed E-state index contributed by atoms with van der Waals surface area (Å²) in [5, 5.41) is 32.8. The number of aryl methyl sites for hydroxylation is 8. The third-order valence-corrected chi connectivity index (χ3v) is 40.5. The zero-order chi connectivity index (χ0) is 79.0. The second kappa shape index (κ2) is 30.1. The Bertz CT molecular complexity index is 6880. The number of hydrogen-bond acceptors (Lipinski definition) is 0. The van der Waals surface area contributed by atoms with Crippen molar-refractivity contribution >= 4 is 249 Å². The molecule has 8 aromatic heterocycles. The van der Waals surface area contributed by atoms with Gasteiger partial charge in [-0.1, -0.05) is 146 Å². The molecular weight excluding hydrogens is 1900 g/mol. The molecule has 0 unspecified atom stereocenters. The number of fused-ring (bicyclic) bond motifs is 24. The molecule has 0 atom stereocenters. The summed E-state index contributed by atoms with van der Waals surface area (Å²) >= 11 is 0. The van der Waals surface area contributed by atoms with Crippen molar-refractivity contribution in [3.05, 3.63) is 340 Å². The van der Waals surface area contributed by atoms with Crippen LogP contribution in [0.4, 0.5) is 0 Å². The molecule has 0 aliphatic carbocycles. The van der Waals surface area contributed by atoms with E-state index < -0.39 is 31.7 Å². The summed E-state index contributed by atoms with van der Waals surface area (Å²) in [6.45, 7) is 0. The van der Waals surface area contributed by atoms with Gasteiger partial charge in [-0.3, -0.25) is 0 Å². The number of nitrogens with zero attached hydrogens (tertiary/aromatic N) is 8. The van der Waals surface area contributed by atoms with Crippen LogP contribution in [-0.2, 0) is 101 Å². The third kappa shape index (κ3) is 12.0.